The van der Waals surface area contributed by atoms with Crippen LogP contribution in [0.4, 0.5) is 26.2 Å². The molecule has 0 saturated carbocycles. The molecule has 0 fully saturated rings. The molecule has 8 heteroatoms. The maximum atomic E-state index is 13.3. The minimum absolute atomic E-state index is 0.243. The lowest BCUT2D eigenvalue weighted by Crippen LogP contribution is -2.39. The van der Waals surface area contributed by atoms with Crippen LogP contribution in [-0.4, -0.2) is 29.2 Å². The van der Waals surface area contributed by atoms with E-state index in [0.717, 1.165) is 27.7 Å². The van der Waals surface area contributed by atoms with Crippen LogP contribution in [0.1, 0.15) is 21.6 Å². The zero-order valence-corrected chi connectivity index (χ0v) is 17.9. The van der Waals surface area contributed by atoms with Crippen LogP contribution in [0.25, 0.3) is 0 Å². The van der Waals surface area contributed by atoms with Crippen LogP contribution in [0, 0.1) is 19.7 Å². The van der Waals surface area contributed by atoms with E-state index in [1.165, 1.54) is 18.2 Å². The Labute approximate surface area is 183 Å². The van der Waals surface area contributed by atoms with Gasteiger partial charge in [0.25, 0.3) is 5.91 Å². The Kier molecular flexibility index (Phi) is 5.90. The van der Waals surface area contributed by atoms with E-state index in [2.05, 4.69) is 15.6 Å². The Morgan fingerprint density at radius 1 is 1.03 bits per heavy atom. The second-order valence-corrected chi connectivity index (χ2v) is 8.29. The van der Waals surface area contributed by atoms with Crippen molar-refractivity contribution in [1.82, 2.24) is 4.98 Å². The zero-order valence-electron chi connectivity index (χ0n) is 17.1. The second-order valence-electron chi connectivity index (χ2n) is 7.21. The maximum absolute atomic E-state index is 13.3. The second kappa shape index (κ2) is 8.77. The molecular formula is C23H21FN4O2S. The van der Waals surface area contributed by atoms with Gasteiger partial charge >= 0.3 is 6.03 Å². The van der Waals surface area contributed by atoms with Crippen molar-refractivity contribution in [1.29, 1.82) is 0 Å². The number of urea groups is 1. The van der Waals surface area contributed by atoms with Crippen LogP contribution in [-0.2, 0) is 0 Å². The molecule has 0 saturated heterocycles. The van der Waals surface area contributed by atoms with E-state index >= 15 is 0 Å². The summed E-state index contributed by atoms with van der Waals surface area (Å²) in [7, 11) is 0. The number of nitrogens with zero attached hydrogens (tertiary/aromatic N) is 2. The molecule has 4 rings (SSSR count). The fraction of sp³-hybridized carbons (Fsp3) is 0.174. The van der Waals surface area contributed by atoms with Gasteiger partial charge in [0.2, 0.25) is 0 Å². The molecule has 1 aromatic heterocycles. The van der Waals surface area contributed by atoms with E-state index < -0.39 is 5.82 Å². The Morgan fingerprint density at radius 2 is 1.81 bits per heavy atom. The lowest BCUT2D eigenvalue weighted by molar-refractivity contribution is 0.102. The van der Waals surface area contributed by atoms with Gasteiger partial charge in [-0.2, -0.15) is 0 Å². The van der Waals surface area contributed by atoms with Crippen LogP contribution in [0.2, 0.25) is 0 Å². The van der Waals surface area contributed by atoms with Crippen LogP contribution < -0.4 is 15.5 Å². The average Bonchev–Trinajstić information content (AvgIpc) is 2.73. The van der Waals surface area contributed by atoms with Crippen molar-refractivity contribution >= 4 is 40.8 Å². The summed E-state index contributed by atoms with van der Waals surface area (Å²) < 4.78 is 13.3. The molecule has 158 valence electrons. The third-order valence-corrected chi connectivity index (χ3v) is 5.77. The smallest absolute Gasteiger partial charge is 0.322 e. The highest BCUT2D eigenvalue weighted by Gasteiger charge is 2.26. The topological polar surface area (TPSA) is 74.3 Å². The number of nitrogens with one attached hydrogen (secondary N) is 2. The fourth-order valence-electron chi connectivity index (χ4n) is 3.44. The molecule has 1 aliphatic heterocycles. The predicted molar refractivity (Wildman–Crippen MR) is 122 cm³/mol. The molecular weight excluding hydrogens is 415 g/mol. The number of fused-ring (bicyclic) bond motifs is 1. The van der Waals surface area contributed by atoms with Crippen molar-refractivity contribution in [3.8, 4) is 0 Å². The van der Waals surface area contributed by atoms with Gasteiger partial charge in [0, 0.05) is 34.9 Å². The molecule has 0 aliphatic carbocycles. The van der Waals surface area contributed by atoms with Gasteiger partial charge in [-0.25, -0.2) is 14.2 Å². The highest BCUT2D eigenvalue weighted by atomic mass is 32.2. The number of halogens is 1. The molecule has 31 heavy (non-hydrogen) atoms. The van der Waals surface area contributed by atoms with Gasteiger partial charge in [0.1, 0.15) is 10.8 Å². The number of carbonyl (C=O) groups excluding carboxylic acids is 2. The number of hydrogen-bond acceptors (Lipinski definition) is 4. The normalized spacial score (nSPS) is 12.8. The van der Waals surface area contributed by atoms with E-state index in [1.54, 1.807) is 47.0 Å². The molecule has 6 nitrogen and oxygen atoms in total. The molecule has 0 bridgehead atoms. The monoisotopic (exact) mass is 436 g/mol. The van der Waals surface area contributed by atoms with Crippen molar-refractivity contribution < 1.29 is 14.0 Å². The number of pyridine rings is 1. The van der Waals surface area contributed by atoms with E-state index in [4.69, 9.17) is 0 Å². The van der Waals surface area contributed by atoms with Crippen molar-refractivity contribution in [2.45, 2.75) is 18.9 Å². The first-order valence-electron chi connectivity index (χ1n) is 9.77. The standard InChI is InChI=1S/C23H21FN4O2S/c1-14-12-15(2)25-22-20(14)28(10-11-31-22)23(30)27-18-8-6-16(7-9-18)21(29)26-19-5-3-4-17(24)13-19/h3-9,12-13H,10-11H2,1-2H3,(H,26,29)(H,27,30). The van der Waals surface area contributed by atoms with Crippen LogP contribution >= 0.6 is 11.8 Å². The Hall–Kier alpha value is -3.39. The number of benzene rings is 2. The van der Waals surface area contributed by atoms with Gasteiger partial charge in [-0.15, -0.1) is 11.8 Å². The molecule has 2 aromatic carbocycles. The van der Waals surface area contributed by atoms with Crippen LogP contribution in [0.3, 0.4) is 0 Å². The number of anilines is 3. The predicted octanol–water partition coefficient (Wildman–Crippen LogP) is 5.23. The van der Waals surface area contributed by atoms with Gasteiger partial charge in [0.05, 0.1) is 5.69 Å². The molecule has 2 heterocycles. The van der Waals surface area contributed by atoms with Gasteiger partial charge in [-0.05, 0) is 67.9 Å². The molecule has 1 aliphatic rings. The molecule has 3 aromatic rings. The molecule has 2 N–H and O–H groups in total. The third-order valence-electron chi connectivity index (χ3n) is 4.83. The Morgan fingerprint density at radius 3 is 2.55 bits per heavy atom. The molecule has 0 spiro atoms. The number of rotatable bonds is 3. The maximum Gasteiger partial charge on any atom is 0.326 e. The largest absolute Gasteiger partial charge is 0.326 e. The van der Waals surface area contributed by atoms with Gasteiger partial charge in [-0.1, -0.05) is 6.07 Å². The summed E-state index contributed by atoms with van der Waals surface area (Å²) in [6.45, 7) is 4.51. The Balaban J connectivity index is 1.45. The fourth-order valence-corrected chi connectivity index (χ4v) is 4.52. The molecule has 0 atom stereocenters. The molecule has 0 unspecified atom stereocenters. The summed E-state index contributed by atoms with van der Waals surface area (Å²) in [5.41, 5.74) is 4.13. The summed E-state index contributed by atoms with van der Waals surface area (Å²) in [6.07, 6.45) is 0. The van der Waals surface area contributed by atoms with Crippen molar-refractivity contribution in [3.63, 3.8) is 0 Å². The number of aryl methyl sites for hydroxylation is 2. The van der Waals surface area contributed by atoms with E-state index in [1.807, 2.05) is 19.9 Å². The third kappa shape index (κ3) is 4.69. The van der Waals surface area contributed by atoms with E-state index in [0.29, 0.717) is 23.5 Å². The summed E-state index contributed by atoms with van der Waals surface area (Å²) in [5, 5.41) is 6.40. The SMILES string of the molecule is Cc1cc(C)c2c(n1)SCCN2C(=O)Nc1ccc(C(=O)Nc2cccc(F)c2)cc1. The highest BCUT2D eigenvalue weighted by molar-refractivity contribution is 7.99. The number of aromatic nitrogens is 1. The number of hydrogen-bond donors (Lipinski definition) is 2. The summed E-state index contributed by atoms with van der Waals surface area (Å²) in [4.78, 5) is 31.6. The quantitative estimate of drug-likeness (QED) is 0.589. The zero-order chi connectivity index (χ0) is 22.0. The summed E-state index contributed by atoms with van der Waals surface area (Å²) in [5.74, 6) is -0.00754. The van der Waals surface area contributed by atoms with Crippen molar-refractivity contribution in [2.75, 3.05) is 27.8 Å². The van der Waals surface area contributed by atoms with Gasteiger partial charge in [-0.3, -0.25) is 9.69 Å². The minimum Gasteiger partial charge on any atom is -0.322 e. The first kappa shape index (κ1) is 20.9. The lowest BCUT2D eigenvalue weighted by atomic mass is 10.2. The Bertz CT molecular complexity index is 1150. The van der Waals surface area contributed by atoms with Crippen molar-refractivity contribution in [3.05, 3.63) is 77.2 Å². The minimum atomic E-state index is -0.422. The average molecular weight is 437 g/mol. The molecule has 0 radical (unpaired) electrons. The summed E-state index contributed by atoms with van der Waals surface area (Å²) >= 11 is 1.65. The lowest BCUT2D eigenvalue weighted by Gasteiger charge is -2.30. The first-order valence-corrected chi connectivity index (χ1v) is 10.8. The van der Waals surface area contributed by atoms with E-state index in [-0.39, 0.29) is 11.9 Å². The van der Waals surface area contributed by atoms with Crippen LogP contribution in [0.5, 0.6) is 0 Å². The van der Waals surface area contributed by atoms with E-state index in [9.17, 15) is 14.0 Å². The highest BCUT2D eigenvalue weighted by Crippen LogP contribution is 2.36. The van der Waals surface area contributed by atoms with Gasteiger partial charge < -0.3 is 10.6 Å². The van der Waals surface area contributed by atoms with Gasteiger partial charge in [0.15, 0.2) is 0 Å². The number of thioether (sulfide) groups is 1. The number of amides is 3. The first-order chi connectivity index (χ1) is 14.9. The van der Waals surface area contributed by atoms with Crippen LogP contribution in [0.15, 0.2) is 59.6 Å². The van der Waals surface area contributed by atoms with Crippen molar-refractivity contribution in [2.24, 2.45) is 0 Å². The molecule has 3 amide bonds. The summed E-state index contributed by atoms with van der Waals surface area (Å²) in [6, 6.07) is 14.0. The number of carbonyl (C=O) groups is 2.